The summed E-state index contributed by atoms with van der Waals surface area (Å²) in [5, 5.41) is 3.59. The molecule has 1 aromatic rings. The highest BCUT2D eigenvalue weighted by molar-refractivity contribution is 5.55. The highest BCUT2D eigenvalue weighted by atomic mass is 16.5. The Labute approximate surface area is 130 Å². The Balaban J connectivity index is 2.87. The van der Waals surface area contributed by atoms with E-state index in [-0.39, 0.29) is 5.54 Å². The van der Waals surface area contributed by atoms with Crippen LogP contribution < -0.4 is 10.2 Å². The Bertz CT molecular complexity index is 424. The van der Waals surface area contributed by atoms with E-state index >= 15 is 0 Å². The number of nitrogens with zero attached hydrogens (tertiary/aromatic N) is 1. The van der Waals surface area contributed by atoms with Gasteiger partial charge in [-0.05, 0) is 53.2 Å². The molecular weight excluding hydrogens is 260 g/mol. The van der Waals surface area contributed by atoms with Gasteiger partial charge in [-0.3, -0.25) is 0 Å². The molecule has 0 amide bonds. The molecule has 3 nitrogen and oxygen atoms in total. The Morgan fingerprint density at radius 1 is 1.19 bits per heavy atom. The third kappa shape index (κ3) is 6.49. The average molecular weight is 292 g/mol. The first-order valence-electron chi connectivity index (χ1n) is 8.04. The maximum absolute atomic E-state index is 5.51. The van der Waals surface area contributed by atoms with Crippen LogP contribution in [0.4, 0.5) is 5.69 Å². The van der Waals surface area contributed by atoms with Gasteiger partial charge in [-0.2, -0.15) is 0 Å². The van der Waals surface area contributed by atoms with Crippen LogP contribution in [-0.4, -0.2) is 31.8 Å². The van der Waals surface area contributed by atoms with Gasteiger partial charge in [0.2, 0.25) is 0 Å². The van der Waals surface area contributed by atoms with Crippen molar-refractivity contribution in [1.29, 1.82) is 0 Å². The van der Waals surface area contributed by atoms with E-state index in [1.165, 1.54) is 16.8 Å². The van der Waals surface area contributed by atoms with Crippen molar-refractivity contribution in [3.05, 3.63) is 29.3 Å². The summed E-state index contributed by atoms with van der Waals surface area (Å²) in [5.74, 6) is 0. The van der Waals surface area contributed by atoms with Crippen LogP contribution in [0.5, 0.6) is 0 Å². The van der Waals surface area contributed by atoms with Gasteiger partial charge in [0.15, 0.2) is 0 Å². The molecule has 0 aromatic heterocycles. The summed E-state index contributed by atoms with van der Waals surface area (Å²) in [6.45, 7) is 17.4. The predicted molar refractivity (Wildman–Crippen MR) is 92.2 cm³/mol. The lowest BCUT2D eigenvalue weighted by Gasteiger charge is -2.28. The number of aryl methyl sites for hydroxylation is 1. The lowest BCUT2D eigenvalue weighted by atomic mass is 10.0. The number of rotatable bonds is 8. The van der Waals surface area contributed by atoms with Crippen LogP contribution >= 0.6 is 0 Å². The molecule has 0 aliphatic carbocycles. The molecule has 0 fully saturated rings. The van der Waals surface area contributed by atoms with Gasteiger partial charge in [0.1, 0.15) is 0 Å². The summed E-state index contributed by atoms with van der Waals surface area (Å²) in [7, 11) is 0. The topological polar surface area (TPSA) is 24.5 Å². The molecule has 0 heterocycles. The lowest BCUT2D eigenvalue weighted by Crippen LogP contribution is -2.36. The molecule has 0 aliphatic heterocycles. The zero-order valence-electron chi connectivity index (χ0n) is 14.6. The molecule has 3 heteroatoms. The van der Waals surface area contributed by atoms with Crippen molar-refractivity contribution in [3.63, 3.8) is 0 Å². The van der Waals surface area contributed by atoms with Gasteiger partial charge in [-0.25, -0.2) is 0 Å². The maximum Gasteiger partial charge on any atom is 0.0641 e. The highest BCUT2D eigenvalue weighted by Crippen LogP contribution is 2.22. The van der Waals surface area contributed by atoms with E-state index in [0.717, 1.165) is 32.8 Å². The Morgan fingerprint density at radius 3 is 2.48 bits per heavy atom. The molecule has 0 spiro atoms. The first-order valence-corrected chi connectivity index (χ1v) is 8.04. The van der Waals surface area contributed by atoms with E-state index in [4.69, 9.17) is 4.74 Å². The standard InChI is InChI=1S/C18H32N2O/c1-7-20(11-12-21-8-2)17-10-9-15(3)13-16(17)14-19-18(4,5)6/h9-10,13,19H,7-8,11-12,14H2,1-6H3. The minimum atomic E-state index is 0.128. The largest absolute Gasteiger partial charge is 0.380 e. The predicted octanol–water partition coefficient (Wildman–Crippen LogP) is 3.75. The fourth-order valence-electron chi connectivity index (χ4n) is 2.29. The molecule has 0 atom stereocenters. The molecule has 0 saturated heterocycles. The molecule has 120 valence electrons. The van der Waals surface area contributed by atoms with Crippen LogP contribution in [0.1, 0.15) is 45.7 Å². The highest BCUT2D eigenvalue weighted by Gasteiger charge is 2.13. The quantitative estimate of drug-likeness (QED) is 0.739. The van der Waals surface area contributed by atoms with E-state index in [0.29, 0.717) is 0 Å². The Kier molecular flexibility index (Phi) is 7.20. The minimum absolute atomic E-state index is 0.128. The van der Waals surface area contributed by atoms with Gasteiger partial charge in [-0.15, -0.1) is 0 Å². The second kappa shape index (κ2) is 8.40. The summed E-state index contributed by atoms with van der Waals surface area (Å²) in [5.41, 5.74) is 4.12. The van der Waals surface area contributed by atoms with Crippen LogP contribution in [0.2, 0.25) is 0 Å². The van der Waals surface area contributed by atoms with E-state index < -0.39 is 0 Å². The number of likely N-dealkylation sites (N-methyl/N-ethyl adjacent to an activating group) is 1. The molecule has 1 aromatic carbocycles. The fourth-order valence-corrected chi connectivity index (χ4v) is 2.29. The zero-order valence-corrected chi connectivity index (χ0v) is 14.6. The summed E-state index contributed by atoms with van der Waals surface area (Å²) in [6, 6.07) is 6.72. The summed E-state index contributed by atoms with van der Waals surface area (Å²) >= 11 is 0. The molecule has 0 bridgehead atoms. The van der Waals surface area contributed by atoms with Gasteiger partial charge in [0.25, 0.3) is 0 Å². The van der Waals surface area contributed by atoms with Crippen LogP contribution in [0.15, 0.2) is 18.2 Å². The van der Waals surface area contributed by atoms with Gasteiger partial charge in [-0.1, -0.05) is 17.7 Å². The average Bonchev–Trinajstić information content (AvgIpc) is 2.41. The van der Waals surface area contributed by atoms with Gasteiger partial charge in [0.05, 0.1) is 6.61 Å². The third-order valence-electron chi connectivity index (χ3n) is 3.48. The molecule has 0 aliphatic rings. The van der Waals surface area contributed by atoms with Crippen molar-refractivity contribution < 1.29 is 4.74 Å². The van der Waals surface area contributed by atoms with Crippen LogP contribution in [0.3, 0.4) is 0 Å². The molecule has 0 saturated carbocycles. The first kappa shape index (κ1) is 18.0. The summed E-state index contributed by atoms with van der Waals surface area (Å²) < 4.78 is 5.51. The number of ether oxygens (including phenoxy) is 1. The van der Waals surface area contributed by atoms with Crippen molar-refractivity contribution in [3.8, 4) is 0 Å². The molecular formula is C18H32N2O. The zero-order chi connectivity index (χ0) is 15.9. The van der Waals surface area contributed by atoms with E-state index in [9.17, 15) is 0 Å². The molecule has 0 unspecified atom stereocenters. The van der Waals surface area contributed by atoms with Crippen molar-refractivity contribution in [2.75, 3.05) is 31.2 Å². The van der Waals surface area contributed by atoms with E-state index in [2.05, 4.69) is 63.0 Å². The summed E-state index contributed by atoms with van der Waals surface area (Å²) in [4.78, 5) is 2.40. The van der Waals surface area contributed by atoms with Crippen molar-refractivity contribution in [2.24, 2.45) is 0 Å². The first-order chi connectivity index (χ1) is 9.87. The Hall–Kier alpha value is -1.06. The molecule has 1 rings (SSSR count). The smallest absolute Gasteiger partial charge is 0.0641 e. The monoisotopic (exact) mass is 292 g/mol. The Morgan fingerprint density at radius 2 is 1.90 bits per heavy atom. The second-order valence-electron chi connectivity index (χ2n) is 6.51. The van der Waals surface area contributed by atoms with Crippen LogP contribution in [0.25, 0.3) is 0 Å². The maximum atomic E-state index is 5.51. The number of nitrogens with one attached hydrogen (secondary N) is 1. The molecule has 0 radical (unpaired) electrons. The van der Waals surface area contributed by atoms with Gasteiger partial charge >= 0.3 is 0 Å². The van der Waals surface area contributed by atoms with Crippen molar-refractivity contribution in [1.82, 2.24) is 5.32 Å². The van der Waals surface area contributed by atoms with Gasteiger partial charge in [0, 0.05) is 37.5 Å². The van der Waals surface area contributed by atoms with Crippen LogP contribution in [-0.2, 0) is 11.3 Å². The number of anilines is 1. The normalized spacial score (nSPS) is 11.7. The third-order valence-corrected chi connectivity index (χ3v) is 3.48. The summed E-state index contributed by atoms with van der Waals surface area (Å²) in [6.07, 6.45) is 0. The van der Waals surface area contributed by atoms with Gasteiger partial charge < -0.3 is 15.0 Å². The van der Waals surface area contributed by atoms with E-state index in [1.54, 1.807) is 0 Å². The molecule has 21 heavy (non-hydrogen) atoms. The molecule has 1 N–H and O–H groups in total. The lowest BCUT2D eigenvalue weighted by molar-refractivity contribution is 0.154. The minimum Gasteiger partial charge on any atom is -0.380 e. The second-order valence-corrected chi connectivity index (χ2v) is 6.51. The number of hydrogen-bond acceptors (Lipinski definition) is 3. The van der Waals surface area contributed by atoms with Crippen molar-refractivity contribution in [2.45, 2.75) is 53.6 Å². The van der Waals surface area contributed by atoms with Crippen molar-refractivity contribution >= 4 is 5.69 Å². The van der Waals surface area contributed by atoms with Crippen LogP contribution in [0, 0.1) is 6.92 Å². The number of hydrogen-bond donors (Lipinski definition) is 1. The van der Waals surface area contributed by atoms with E-state index in [1.807, 2.05) is 6.92 Å². The number of benzene rings is 1. The fraction of sp³-hybridized carbons (Fsp3) is 0.667. The SMILES string of the molecule is CCOCCN(CC)c1ccc(C)cc1CNC(C)(C)C.